The highest BCUT2D eigenvalue weighted by atomic mass is 16.1. The van der Waals surface area contributed by atoms with Gasteiger partial charge in [0.25, 0.3) is 0 Å². The Kier molecular flexibility index (Phi) is 5.70. The molecule has 2 aromatic rings. The van der Waals surface area contributed by atoms with E-state index < -0.39 is 0 Å². The van der Waals surface area contributed by atoms with Crippen molar-refractivity contribution in [1.82, 2.24) is 4.98 Å². The average molecular weight is 389 g/mol. The first-order valence-corrected chi connectivity index (χ1v) is 10.7. The van der Waals surface area contributed by atoms with E-state index in [2.05, 4.69) is 4.98 Å². The maximum Gasteiger partial charge on any atom is 0.159 e. The zero-order chi connectivity index (χ0) is 20.4. The molecule has 1 heterocycles. The van der Waals surface area contributed by atoms with Crippen molar-refractivity contribution in [1.29, 1.82) is 0 Å². The summed E-state index contributed by atoms with van der Waals surface area (Å²) in [6, 6.07) is 9.80. The summed E-state index contributed by atoms with van der Waals surface area (Å²) < 4.78 is 0. The van der Waals surface area contributed by atoms with Crippen molar-refractivity contribution in [3.05, 3.63) is 53.2 Å². The number of aromatic nitrogens is 1. The normalized spacial score (nSPS) is 22.5. The maximum atomic E-state index is 12.3. The van der Waals surface area contributed by atoms with Crippen LogP contribution in [0.2, 0.25) is 0 Å². The topological polar surface area (TPSA) is 64.1 Å². The molecule has 2 atom stereocenters. The fourth-order valence-electron chi connectivity index (χ4n) is 4.92. The Labute approximate surface area is 171 Å². The number of ketones is 3. The predicted molar refractivity (Wildman–Crippen MR) is 112 cm³/mol. The van der Waals surface area contributed by atoms with Crippen LogP contribution in [0.15, 0.2) is 36.5 Å². The molecule has 0 N–H and O–H groups in total. The van der Waals surface area contributed by atoms with Gasteiger partial charge in [0.1, 0.15) is 11.6 Å². The molecule has 4 heteroatoms. The van der Waals surface area contributed by atoms with Crippen LogP contribution in [0.5, 0.6) is 0 Å². The third kappa shape index (κ3) is 4.21. The Balaban J connectivity index is 1.93. The number of nitrogens with zero attached hydrogens (tertiary/aromatic N) is 1. The van der Waals surface area contributed by atoms with Gasteiger partial charge in [0.2, 0.25) is 0 Å². The smallest absolute Gasteiger partial charge is 0.159 e. The van der Waals surface area contributed by atoms with Crippen molar-refractivity contribution in [2.75, 3.05) is 0 Å². The number of rotatable bonds is 4. The molecule has 29 heavy (non-hydrogen) atoms. The SMILES string of the molecule is CC(=O)c1cc(C2CCCC(=O)C2)c(-c2ccccn2)c(C2CCCC(=O)C2)c1. The highest BCUT2D eigenvalue weighted by Crippen LogP contribution is 2.44. The highest BCUT2D eigenvalue weighted by molar-refractivity contribution is 5.96. The number of carbonyl (C=O) groups is 3. The highest BCUT2D eigenvalue weighted by Gasteiger charge is 2.30. The van der Waals surface area contributed by atoms with Crippen molar-refractivity contribution < 1.29 is 14.4 Å². The van der Waals surface area contributed by atoms with Crippen molar-refractivity contribution in [2.45, 2.75) is 70.1 Å². The second kappa shape index (κ2) is 8.40. The lowest BCUT2D eigenvalue weighted by molar-refractivity contribution is -0.121. The summed E-state index contributed by atoms with van der Waals surface area (Å²) in [4.78, 5) is 41.4. The molecule has 1 aromatic carbocycles. The first-order chi connectivity index (χ1) is 14.0. The lowest BCUT2D eigenvalue weighted by Gasteiger charge is -2.29. The summed E-state index contributed by atoms with van der Waals surface area (Å²) in [5, 5.41) is 0. The fourth-order valence-corrected chi connectivity index (χ4v) is 4.92. The summed E-state index contributed by atoms with van der Waals surface area (Å²) >= 11 is 0. The van der Waals surface area contributed by atoms with Gasteiger partial charge >= 0.3 is 0 Å². The molecule has 0 spiro atoms. The van der Waals surface area contributed by atoms with Gasteiger partial charge in [-0.15, -0.1) is 0 Å². The Hall–Kier alpha value is -2.62. The molecule has 0 saturated heterocycles. The first-order valence-electron chi connectivity index (χ1n) is 10.7. The van der Waals surface area contributed by atoms with E-state index in [1.807, 2.05) is 30.3 Å². The molecule has 150 valence electrons. The Morgan fingerprint density at radius 1 is 0.931 bits per heavy atom. The van der Waals surface area contributed by atoms with Crippen molar-refractivity contribution in [2.24, 2.45) is 0 Å². The summed E-state index contributed by atoms with van der Waals surface area (Å²) in [5.74, 6) is 0.798. The molecule has 0 amide bonds. The van der Waals surface area contributed by atoms with Crippen LogP contribution in [0.3, 0.4) is 0 Å². The van der Waals surface area contributed by atoms with Gasteiger partial charge < -0.3 is 0 Å². The lowest BCUT2D eigenvalue weighted by Crippen LogP contribution is -2.18. The monoisotopic (exact) mass is 389 g/mol. The first kappa shape index (κ1) is 19.7. The quantitative estimate of drug-likeness (QED) is 0.656. The van der Waals surface area contributed by atoms with Crippen LogP contribution in [0.4, 0.5) is 0 Å². The average Bonchev–Trinajstić information content (AvgIpc) is 2.73. The number of benzene rings is 1. The van der Waals surface area contributed by atoms with Crippen LogP contribution in [0.25, 0.3) is 11.3 Å². The summed E-state index contributed by atoms with van der Waals surface area (Å²) in [6.07, 6.45) is 7.75. The van der Waals surface area contributed by atoms with Crippen LogP contribution in [-0.2, 0) is 9.59 Å². The second-order valence-corrected chi connectivity index (χ2v) is 8.46. The number of carbonyl (C=O) groups excluding carboxylic acids is 3. The van der Waals surface area contributed by atoms with Gasteiger partial charge in [-0.2, -0.15) is 0 Å². The molecule has 1 aromatic heterocycles. The number of pyridine rings is 1. The summed E-state index contributed by atoms with van der Waals surface area (Å²) in [6.45, 7) is 1.58. The van der Waals surface area contributed by atoms with Gasteiger partial charge in [0.15, 0.2) is 5.78 Å². The molecule has 2 aliphatic carbocycles. The molecule has 2 fully saturated rings. The van der Waals surface area contributed by atoms with E-state index in [1.165, 1.54) is 0 Å². The van der Waals surface area contributed by atoms with Gasteiger partial charge in [-0.25, -0.2) is 0 Å². The van der Waals surface area contributed by atoms with E-state index in [4.69, 9.17) is 0 Å². The summed E-state index contributed by atoms with van der Waals surface area (Å²) in [7, 11) is 0. The van der Waals surface area contributed by atoms with Gasteiger partial charge in [-0.05, 0) is 79.8 Å². The van der Waals surface area contributed by atoms with E-state index in [0.29, 0.717) is 31.2 Å². The van der Waals surface area contributed by atoms with Gasteiger partial charge in [0.05, 0.1) is 5.69 Å². The minimum atomic E-state index is 0.0179. The third-order valence-electron chi connectivity index (χ3n) is 6.37. The van der Waals surface area contributed by atoms with Crippen LogP contribution < -0.4 is 0 Å². The van der Waals surface area contributed by atoms with Crippen LogP contribution in [0.1, 0.15) is 91.6 Å². The standard InChI is InChI=1S/C25H27NO3/c1-16(27)19-14-22(17-6-4-8-20(28)12-17)25(24-10-2-3-11-26-24)23(15-19)18-7-5-9-21(29)13-18/h2-3,10-11,14-15,17-18H,4-9,12-13H2,1H3. The minimum absolute atomic E-state index is 0.0179. The van der Waals surface area contributed by atoms with E-state index in [1.54, 1.807) is 13.1 Å². The molecule has 2 aliphatic rings. The zero-order valence-electron chi connectivity index (χ0n) is 16.9. The Morgan fingerprint density at radius 3 is 1.97 bits per heavy atom. The van der Waals surface area contributed by atoms with Gasteiger partial charge in [-0.1, -0.05) is 6.07 Å². The largest absolute Gasteiger partial charge is 0.300 e. The molecule has 0 radical (unpaired) electrons. The third-order valence-corrected chi connectivity index (χ3v) is 6.37. The Bertz CT molecular complexity index is 899. The van der Waals surface area contributed by atoms with Crippen molar-refractivity contribution >= 4 is 17.3 Å². The molecule has 0 bridgehead atoms. The molecular formula is C25H27NO3. The molecule has 4 rings (SSSR count). The summed E-state index contributed by atoms with van der Waals surface area (Å²) in [5.41, 5.74) is 4.68. The number of hydrogen-bond donors (Lipinski definition) is 0. The zero-order valence-corrected chi connectivity index (χ0v) is 16.9. The van der Waals surface area contributed by atoms with Crippen molar-refractivity contribution in [3.63, 3.8) is 0 Å². The Morgan fingerprint density at radius 2 is 1.52 bits per heavy atom. The van der Waals surface area contributed by atoms with Crippen molar-refractivity contribution in [3.8, 4) is 11.3 Å². The van der Waals surface area contributed by atoms with E-state index in [9.17, 15) is 14.4 Å². The number of Topliss-reactive ketones (excluding diaryl/α,β-unsaturated/α-hetero) is 3. The molecule has 2 saturated carbocycles. The van der Waals surface area contributed by atoms with Crippen LogP contribution in [0, 0.1) is 0 Å². The van der Waals surface area contributed by atoms with E-state index in [0.717, 1.165) is 48.1 Å². The van der Waals surface area contributed by atoms with E-state index >= 15 is 0 Å². The maximum absolute atomic E-state index is 12.3. The van der Waals surface area contributed by atoms with Crippen LogP contribution >= 0.6 is 0 Å². The minimum Gasteiger partial charge on any atom is -0.300 e. The van der Waals surface area contributed by atoms with E-state index in [-0.39, 0.29) is 29.2 Å². The molecule has 2 unspecified atom stereocenters. The second-order valence-electron chi connectivity index (χ2n) is 8.46. The fraction of sp³-hybridized carbons (Fsp3) is 0.440. The van der Waals surface area contributed by atoms with Crippen LogP contribution in [-0.4, -0.2) is 22.3 Å². The molecule has 4 nitrogen and oxygen atoms in total. The predicted octanol–water partition coefficient (Wildman–Crippen LogP) is 5.40. The molecular weight excluding hydrogens is 362 g/mol. The number of hydrogen-bond acceptors (Lipinski definition) is 4. The van der Waals surface area contributed by atoms with Gasteiger partial charge in [0, 0.05) is 43.0 Å². The molecule has 0 aliphatic heterocycles. The lowest BCUT2D eigenvalue weighted by atomic mass is 9.74. The van der Waals surface area contributed by atoms with Gasteiger partial charge in [-0.3, -0.25) is 19.4 Å².